The molecule has 84 valence electrons. The van der Waals surface area contributed by atoms with Crippen molar-refractivity contribution in [1.82, 2.24) is 10.2 Å². The zero-order chi connectivity index (χ0) is 11.3. The van der Waals surface area contributed by atoms with E-state index >= 15 is 0 Å². The van der Waals surface area contributed by atoms with Gasteiger partial charge in [-0.2, -0.15) is 0 Å². The molecule has 7 heteroatoms. The van der Waals surface area contributed by atoms with Crippen molar-refractivity contribution in [2.75, 3.05) is 31.7 Å². The van der Waals surface area contributed by atoms with Crippen molar-refractivity contribution >= 4 is 34.1 Å². The van der Waals surface area contributed by atoms with Gasteiger partial charge in [-0.25, -0.2) is 0 Å². The average molecular weight is 247 g/mol. The van der Waals surface area contributed by atoms with Crippen molar-refractivity contribution in [2.24, 2.45) is 0 Å². The first-order valence-electron chi connectivity index (χ1n) is 4.61. The van der Waals surface area contributed by atoms with Gasteiger partial charge in [-0.15, -0.1) is 10.2 Å². The van der Waals surface area contributed by atoms with Crippen molar-refractivity contribution in [3.8, 4) is 0 Å². The van der Waals surface area contributed by atoms with Crippen molar-refractivity contribution in [3.05, 3.63) is 0 Å². The Morgan fingerprint density at radius 2 is 2.27 bits per heavy atom. The molecule has 0 saturated heterocycles. The van der Waals surface area contributed by atoms with E-state index < -0.39 is 0 Å². The lowest BCUT2D eigenvalue weighted by Crippen LogP contribution is -3.06. The van der Waals surface area contributed by atoms with Crippen LogP contribution in [0.5, 0.6) is 0 Å². The summed E-state index contributed by atoms with van der Waals surface area (Å²) in [5, 5.41) is 11.0. The van der Waals surface area contributed by atoms with Gasteiger partial charge in [0, 0.05) is 12.7 Å². The lowest BCUT2D eigenvalue weighted by Gasteiger charge is -2.04. The third kappa shape index (κ3) is 5.10. The Morgan fingerprint density at radius 3 is 2.87 bits per heavy atom. The van der Waals surface area contributed by atoms with E-state index in [-0.39, 0.29) is 5.91 Å². The lowest BCUT2D eigenvalue weighted by molar-refractivity contribution is -0.855. The van der Waals surface area contributed by atoms with E-state index in [2.05, 4.69) is 29.6 Å². The lowest BCUT2D eigenvalue weighted by atomic mass is 10.7. The summed E-state index contributed by atoms with van der Waals surface area (Å²) in [4.78, 5) is 12.2. The van der Waals surface area contributed by atoms with Gasteiger partial charge in [0.2, 0.25) is 11.0 Å². The van der Waals surface area contributed by atoms with Crippen LogP contribution in [-0.2, 0) is 4.79 Å². The summed E-state index contributed by atoms with van der Waals surface area (Å²) in [6.07, 6.45) is 0. The Morgan fingerprint density at radius 1 is 1.53 bits per heavy atom. The van der Waals surface area contributed by atoms with Crippen LogP contribution in [0.4, 0.5) is 5.13 Å². The first-order chi connectivity index (χ1) is 7.08. The smallest absolute Gasteiger partial charge is 0.223 e. The summed E-state index contributed by atoms with van der Waals surface area (Å²) in [7, 11) is 4.23. The van der Waals surface area contributed by atoms with Crippen LogP contribution in [0, 0.1) is 0 Å². The second kappa shape index (κ2) is 6.04. The van der Waals surface area contributed by atoms with Crippen LogP contribution in [0.2, 0.25) is 0 Å². The Labute approximate surface area is 97.3 Å². The average Bonchev–Trinajstić information content (AvgIpc) is 2.50. The number of nitrogens with zero attached hydrogens (tertiary/aromatic N) is 2. The number of quaternary nitrogens is 1. The molecule has 0 radical (unpaired) electrons. The van der Waals surface area contributed by atoms with Crippen LogP contribution in [0.1, 0.15) is 6.92 Å². The highest BCUT2D eigenvalue weighted by molar-refractivity contribution is 8.01. The SMILES string of the molecule is CC(=O)Nc1nnc(SCC[NH+](C)C)s1. The predicted octanol–water partition coefficient (Wildman–Crippen LogP) is -0.267. The molecule has 0 aliphatic carbocycles. The minimum absolute atomic E-state index is 0.111. The molecular weight excluding hydrogens is 232 g/mol. The second-order valence-corrected chi connectivity index (χ2v) is 5.68. The number of hydrogen-bond acceptors (Lipinski definition) is 5. The fourth-order valence-corrected chi connectivity index (χ4v) is 2.84. The van der Waals surface area contributed by atoms with Crippen LogP contribution in [0.25, 0.3) is 0 Å². The van der Waals surface area contributed by atoms with Gasteiger partial charge in [0.1, 0.15) is 0 Å². The molecule has 5 nitrogen and oxygen atoms in total. The monoisotopic (exact) mass is 247 g/mol. The second-order valence-electron chi connectivity index (χ2n) is 3.36. The maximum Gasteiger partial charge on any atom is 0.223 e. The standard InChI is InChI=1S/C8H14N4OS2/c1-6(13)9-7-10-11-8(15-7)14-5-4-12(2)3/h4-5H2,1-3H3,(H,9,10,13)/p+1. The van der Waals surface area contributed by atoms with Crippen LogP contribution < -0.4 is 10.2 Å². The summed E-state index contributed by atoms with van der Waals surface area (Å²) in [6, 6.07) is 0. The predicted molar refractivity (Wildman–Crippen MR) is 62.6 cm³/mol. The molecule has 1 amide bonds. The first kappa shape index (κ1) is 12.4. The highest BCUT2D eigenvalue weighted by Gasteiger charge is 2.06. The number of hydrogen-bond donors (Lipinski definition) is 2. The van der Waals surface area contributed by atoms with Crippen molar-refractivity contribution in [3.63, 3.8) is 0 Å². The zero-order valence-corrected chi connectivity index (χ0v) is 10.7. The number of carbonyl (C=O) groups excluding carboxylic acids is 1. The normalized spacial score (nSPS) is 10.7. The molecule has 0 spiro atoms. The van der Waals surface area contributed by atoms with Crippen LogP contribution >= 0.6 is 23.1 Å². The number of amides is 1. The fraction of sp³-hybridized carbons (Fsp3) is 0.625. The van der Waals surface area contributed by atoms with Gasteiger partial charge in [0.15, 0.2) is 4.34 Å². The molecule has 1 aromatic rings. The molecule has 1 heterocycles. The quantitative estimate of drug-likeness (QED) is 0.556. The van der Waals surface area contributed by atoms with E-state index in [0.717, 1.165) is 16.6 Å². The first-order valence-corrected chi connectivity index (χ1v) is 6.41. The van der Waals surface area contributed by atoms with E-state index in [1.807, 2.05) is 0 Å². The van der Waals surface area contributed by atoms with Gasteiger partial charge >= 0.3 is 0 Å². The highest BCUT2D eigenvalue weighted by atomic mass is 32.2. The third-order valence-electron chi connectivity index (χ3n) is 1.52. The maximum atomic E-state index is 10.7. The molecule has 1 rings (SSSR count). The van der Waals surface area contributed by atoms with Crippen molar-refractivity contribution in [1.29, 1.82) is 0 Å². The fourth-order valence-electron chi connectivity index (χ4n) is 0.812. The minimum atomic E-state index is -0.111. The summed E-state index contributed by atoms with van der Waals surface area (Å²) >= 11 is 3.08. The summed E-state index contributed by atoms with van der Waals surface area (Å²) in [5.74, 6) is 0.900. The van der Waals surface area contributed by atoms with E-state index in [1.165, 1.54) is 23.2 Å². The minimum Gasteiger partial charge on any atom is -0.339 e. The van der Waals surface area contributed by atoms with Gasteiger partial charge in [-0.1, -0.05) is 23.1 Å². The maximum absolute atomic E-state index is 10.7. The molecule has 0 bridgehead atoms. The van der Waals surface area contributed by atoms with Crippen LogP contribution in [0.3, 0.4) is 0 Å². The summed E-state index contributed by atoms with van der Waals surface area (Å²) < 4.78 is 0.903. The van der Waals surface area contributed by atoms with Gasteiger partial charge in [0.25, 0.3) is 0 Å². The molecule has 0 saturated carbocycles. The Kier molecular flexibility index (Phi) is 5.00. The Balaban J connectivity index is 2.36. The van der Waals surface area contributed by atoms with E-state index in [4.69, 9.17) is 0 Å². The molecular formula is C8H15N4OS2+. The van der Waals surface area contributed by atoms with Crippen LogP contribution in [0.15, 0.2) is 4.34 Å². The molecule has 0 aromatic carbocycles. The molecule has 0 unspecified atom stereocenters. The highest BCUT2D eigenvalue weighted by Crippen LogP contribution is 2.24. The van der Waals surface area contributed by atoms with E-state index in [9.17, 15) is 4.79 Å². The van der Waals surface area contributed by atoms with Crippen LogP contribution in [-0.4, -0.2) is 42.5 Å². The summed E-state index contributed by atoms with van der Waals surface area (Å²) in [5.41, 5.74) is 0. The van der Waals surface area contributed by atoms with Gasteiger partial charge in [0.05, 0.1) is 20.6 Å². The largest absolute Gasteiger partial charge is 0.339 e. The van der Waals surface area contributed by atoms with E-state index in [1.54, 1.807) is 11.8 Å². The molecule has 0 fully saturated rings. The number of anilines is 1. The number of aromatic nitrogens is 2. The van der Waals surface area contributed by atoms with Gasteiger partial charge in [-0.05, 0) is 0 Å². The topological polar surface area (TPSA) is 59.3 Å². The molecule has 0 atom stereocenters. The molecule has 0 aliphatic heterocycles. The van der Waals surface area contributed by atoms with Gasteiger partial charge < -0.3 is 10.2 Å². The molecule has 2 N–H and O–H groups in total. The molecule has 0 aliphatic rings. The zero-order valence-electron chi connectivity index (χ0n) is 9.03. The number of rotatable bonds is 5. The molecule has 1 aromatic heterocycles. The number of carbonyl (C=O) groups is 1. The van der Waals surface area contributed by atoms with Crippen molar-refractivity contribution < 1.29 is 9.69 Å². The number of nitrogens with one attached hydrogen (secondary N) is 2. The summed E-state index contributed by atoms with van der Waals surface area (Å²) in [6.45, 7) is 2.54. The Bertz CT molecular complexity index is 326. The van der Waals surface area contributed by atoms with Gasteiger partial charge in [-0.3, -0.25) is 4.79 Å². The molecule has 15 heavy (non-hydrogen) atoms. The number of thioether (sulfide) groups is 1. The Hall–Kier alpha value is -0.660. The van der Waals surface area contributed by atoms with E-state index in [0.29, 0.717) is 5.13 Å². The van der Waals surface area contributed by atoms with Crippen molar-refractivity contribution in [2.45, 2.75) is 11.3 Å². The third-order valence-corrected chi connectivity index (χ3v) is 3.49.